The minimum absolute atomic E-state index is 0.177. The highest BCUT2D eigenvalue weighted by Crippen LogP contribution is 2.33. The fourth-order valence-corrected chi connectivity index (χ4v) is 2.07. The predicted molar refractivity (Wildman–Crippen MR) is 61.5 cm³/mol. The van der Waals surface area contributed by atoms with Gasteiger partial charge in [0.05, 0.1) is 16.6 Å². The summed E-state index contributed by atoms with van der Waals surface area (Å²) in [5, 5.41) is 19.7. The highest BCUT2D eigenvalue weighted by atomic mass is 19.1. The lowest BCUT2D eigenvalue weighted by atomic mass is 10.1. The summed E-state index contributed by atoms with van der Waals surface area (Å²) in [5.74, 6) is -2.51. The molecule has 0 saturated carbocycles. The van der Waals surface area contributed by atoms with Crippen LogP contribution in [-0.2, 0) is 0 Å². The van der Waals surface area contributed by atoms with Gasteiger partial charge >= 0.3 is 5.97 Å². The van der Waals surface area contributed by atoms with Crippen LogP contribution in [0, 0.1) is 15.9 Å². The molecule has 2 rings (SSSR count). The Bertz CT molecular complexity index is 512. The van der Waals surface area contributed by atoms with Gasteiger partial charge in [-0.2, -0.15) is 0 Å². The lowest BCUT2D eigenvalue weighted by molar-refractivity contribution is -0.384. The van der Waals surface area contributed by atoms with Gasteiger partial charge in [0.15, 0.2) is 0 Å². The second-order valence-electron chi connectivity index (χ2n) is 4.08. The first-order chi connectivity index (χ1) is 8.50. The van der Waals surface area contributed by atoms with Crippen molar-refractivity contribution in [3.8, 4) is 0 Å². The molecule has 0 bridgehead atoms. The molecule has 18 heavy (non-hydrogen) atoms. The van der Waals surface area contributed by atoms with E-state index in [0.29, 0.717) is 19.2 Å². The summed E-state index contributed by atoms with van der Waals surface area (Å²) < 4.78 is 13.4. The van der Waals surface area contributed by atoms with Crippen LogP contribution in [0.4, 0.5) is 15.8 Å². The van der Waals surface area contributed by atoms with E-state index in [0.717, 1.165) is 18.9 Å². The van der Waals surface area contributed by atoms with Crippen molar-refractivity contribution in [3.05, 3.63) is 33.6 Å². The molecule has 1 N–H and O–H groups in total. The molecule has 0 unspecified atom stereocenters. The van der Waals surface area contributed by atoms with Crippen LogP contribution in [0.3, 0.4) is 0 Å². The van der Waals surface area contributed by atoms with Crippen molar-refractivity contribution in [1.82, 2.24) is 0 Å². The van der Waals surface area contributed by atoms with Crippen LogP contribution in [-0.4, -0.2) is 29.1 Å². The van der Waals surface area contributed by atoms with E-state index in [4.69, 9.17) is 5.11 Å². The number of anilines is 1. The van der Waals surface area contributed by atoms with E-state index in [1.54, 1.807) is 4.90 Å². The first-order valence-electron chi connectivity index (χ1n) is 5.47. The molecule has 0 aliphatic carbocycles. The topological polar surface area (TPSA) is 83.7 Å². The number of hydrogen-bond donors (Lipinski definition) is 1. The molecule has 0 aromatic heterocycles. The molecule has 0 spiro atoms. The number of nitrogens with zero attached hydrogens (tertiary/aromatic N) is 2. The van der Waals surface area contributed by atoms with Crippen LogP contribution in [0.1, 0.15) is 23.2 Å². The summed E-state index contributed by atoms with van der Waals surface area (Å²) in [6, 6.07) is 1.72. The Balaban J connectivity index is 2.55. The Kier molecular flexibility index (Phi) is 3.14. The fraction of sp³-hybridized carbons (Fsp3) is 0.364. The zero-order valence-corrected chi connectivity index (χ0v) is 9.43. The molecule has 1 aromatic carbocycles. The lowest BCUT2D eigenvalue weighted by Crippen LogP contribution is -2.20. The third kappa shape index (κ3) is 2.11. The molecule has 1 aliphatic rings. The third-order valence-electron chi connectivity index (χ3n) is 2.94. The zero-order valence-electron chi connectivity index (χ0n) is 9.43. The van der Waals surface area contributed by atoms with E-state index in [1.165, 1.54) is 0 Å². The van der Waals surface area contributed by atoms with Gasteiger partial charge in [0.1, 0.15) is 11.5 Å². The van der Waals surface area contributed by atoms with Crippen LogP contribution >= 0.6 is 0 Å². The predicted octanol–water partition coefficient (Wildman–Crippen LogP) is 2.03. The average molecular weight is 254 g/mol. The minimum Gasteiger partial charge on any atom is -0.478 e. The van der Waals surface area contributed by atoms with E-state index in [9.17, 15) is 19.3 Å². The fourth-order valence-electron chi connectivity index (χ4n) is 2.07. The summed E-state index contributed by atoms with van der Waals surface area (Å²) >= 11 is 0. The monoisotopic (exact) mass is 254 g/mol. The molecule has 0 amide bonds. The maximum Gasteiger partial charge on any atom is 0.338 e. The summed E-state index contributed by atoms with van der Waals surface area (Å²) in [4.78, 5) is 22.7. The van der Waals surface area contributed by atoms with Gasteiger partial charge in [-0.15, -0.1) is 0 Å². The van der Waals surface area contributed by atoms with Crippen LogP contribution in [0.25, 0.3) is 0 Å². The van der Waals surface area contributed by atoms with Crippen molar-refractivity contribution in [2.24, 2.45) is 0 Å². The first kappa shape index (κ1) is 12.3. The molecule has 1 aliphatic heterocycles. The molecular weight excluding hydrogens is 243 g/mol. The second-order valence-corrected chi connectivity index (χ2v) is 4.08. The van der Waals surface area contributed by atoms with Crippen molar-refractivity contribution in [3.63, 3.8) is 0 Å². The second kappa shape index (κ2) is 4.59. The highest BCUT2D eigenvalue weighted by molar-refractivity contribution is 5.90. The van der Waals surface area contributed by atoms with Crippen LogP contribution in [0.5, 0.6) is 0 Å². The number of nitro benzene ring substituents is 1. The van der Waals surface area contributed by atoms with Gasteiger partial charge in [-0.05, 0) is 18.9 Å². The lowest BCUT2D eigenvalue weighted by Gasteiger charge is -2.18. The average Bonchev–Trinajstić information content (AvgIpc) is 2.81. The van der Waals surface area contributed by atoms with Crippen LogP contribution in [0.15, 0.2) is 12.1 Å². The smallest absolute Gasteiger partial charge is 0.338 e. The largest absolute Gasteiger partial charge is 0.478 e. The Labute approximate surface area is 102 Å². The summed E-state index contributed by atoms with van der Waals surface area (Å²) in [6.07, 6.45) is 1.77. The molecule has 1 aromatic rings. The van der Waals surface area contributed by atoms with Gasteiger partial charge in [0.2, 0.25) is 0 Å². The standard InChI is InChI=1S/C11H11FN2O4/c12-8-6-10(14(17)18)9(5-7(8)11(15)16)13-3-1-2-4-13/h5-6H,1-4H2,(H,15,16). The van der Waals surface area contributed by atoms with Crippen molar-refractivity contribution >= 4 is 17.3 Å². The molecule has 1 heterocycles. The van der Waals surface area contributed by atoms with Gasteiger partial charge in [-0.3, -0.25) is 10.1 Å². The van der Waals surface area contributed by atoms with Gasteiger partial charge in [-0.25, -0.2) is 9.18 Å². The third-order valence-corrected chi connectivity index (χ3v) is 2.94. The summed E-state index contributed by atoms with van der Waals surface area (Å²) in [6.45, 7) is 1.23. The molecule has 1 saturated heterocycles. The number of halogens is 1. The molecule has 7 heteroatoms. The van der Waals surface area contributed by atoms with E-state index >= 15 is 0 Å². The Morgan fingerprint density at radius 1 is 1.39 bits per heavy atom. The highest BCUT2D eigenvalue weighted by Gasteiger charge is 2.26. The molecule has 6 nitrogen and oxygen atoms in total. The Morgan fingerprint density at radius 3 is 2.50 bits per heavy atom. The maximum absolute atomic E-state index is 13.4. The number of rotatable bonds is 3. The van der Waals surface area contributed by atoms with Gasteiger partial charge < -0.3 is 10.0 Å². The normalized spacial score (nSPS) is 14.8. The SMILES string of the molecule is O=C(O)c1cc(N2CCCC2)c([N+](=O)[O-])cc1F. The van der Waals surface area contributed by atoms with Crippen LogP contribution < -0.4 is 4.90 Å². The molecule has 0 atom stereocenters. The molecule has 96 valence electrons. The quantitative estimate of drug-likeness (QED) is 0.659. The number of aromatic carboxylic acids is 1. The Morgan fingerprint density at radius 2 is 2.00 bits per heavy atom. The van der Waals surface area contributed by atoms with Gasteiger partial charge in [-0.1, -0.05) is 0 Å². The minimum atomic E-state index is -1.43. The first-order valence-corrected chi connectivity index (χ1v) is 5.47. The number of hydrogen-bond acceptors (Lipinski definition) is 4. The summed E-state index contributed by atoms with van der Waals surface area (Å²) in [7, 11) is 0. The van der Waals surface area contributed by atoms with E-state index in [1.807, 2.05) is 0 Å². The number of carbonyl (C=O) groups is 1. The molecule has 1 fully saturated rings. The number of carboxylic acid groups (broad SMARTS) is 1. The maximum atomic E-state index is 13.4. The van der Waals surface area contributed by atoms with Crippen molar-refractivity contribution in [2.75, 3.05) is 18.0 Å². The van der Waals surface area contributed by atoms with Crippen molar-refractivity contribution < 1.29 is 19.2 Å². The van der Waals surface area contributed by atoms with Crippen molar-refractivity contribution in [2.45, 2.75) is 12.8 Å². The summed E-state index contributed by atoms with van der Waals surface area (Å²) in [5.41, 5.74) is -0.752. The van der Waals surface area contributed by atoms with Gasteiger partial charge in [0, 0.05) is 13.1 Å². The number of nitro groups is 1. The van der Waals surface area contributed by atoms with Gasteiger partial charge in [0.25, 0.3) is 5.69 Å². The zero-order chi connectivity index (χ0) is 13.3. The molecule has 0 radical (unpaired) electrons. The van der Waals surface area contributed by atoms with E-state index in [2.05, 4.69) is 0 Å². The Hall–Kier alpha value is -2.18. The number of carboxylic acids is 1. The van der Waals surface area contributed by atoms with E-state index in [-0.39, 0.29) is 11.4 Å². The van der Waals surface area contributed by atoms with Crippen molar-refractivity contribution in [1.29, 1.82) is 0 Å². The number of benzene rings is 1. The van der Waals surface area contributed by atoms with Crippen LogP contribution in [0.2, 0.25) is 0 Å². The molecular formula is C11H11FN2O4. The van der Waals surface area contributed by atoms with E-state index < -0.39 is 22.3 Å².